The average molecular weight is 821 g/mol. The molecule has 0 saturated heterocycles. The molecule has 0 N–H and O–H groups in total. The Morgan fingerprint density at radius 3 is 1.52 bits per heavy atom. The van der Waals surface area contributed by atoms with Gasteiger partial charge in [0.25, 0.3) is 0 Å². The number of hydrogen-bond donors (Lipinski definition) is 0. The predicted molar refractivity (Wildman–Crippen MR) is 267 cm³/mol. The average Bonchev–Trinajstić information content (AvgIpc) is 3.59. The smallest absolute Gasteiger partial charge is 0.159 e. The molecule has 0 bridgehead atoms. The van der Waals surface area contributed by atoms with Crippen molar-refractivity contribution in [3.8, 4) is 56.0 Å². The molecule has 1 aliphatic carbocycles. The van der Waals surface area contributed by atoms with Crippen molar-refractivity contribution < 1.29 is 4.74 Å². The number of rotatable bonds is 8. The van der Waals surface area contributed by atoms with Crippen molar-refractivity contribution in [2.24, 2.45) is 0 Å². The number of ether oxygens (including phenoxy) is 1. The molecular weight excluding hydrogens is 777 g/mol. The van der Waals surface area contributed by atoms with Crippen LogP contribution < -0.4 is 14.5 Å². The Morgan fingerprint density at radius 1 is 0.344 bits per heavy atom. The van der Waals surface area contributed by atoms with Crippen LogP contribution in [-0.2, 0) is 5.41 Å². The second-order valence-electron chi connectivity index (χ2n) is 17.3. The first kappa shape index (κ1) is 37.6. The van der Waals surface area contributed by atoms with Gasteiger partial charge in [-0.3, -0.25) is 0 Å². The van der Waals surface area contributed by atoms with E-state index in [0.717, 1.165) is 73.1 Å². The van der Waals surface area contributed by atoms with Crippen molar-refractivity contribution in [3.63, 3.8) is 0 Å². The van der Waals surface area contributed by atoms with Crippen LogP contribution >= 0.6 is 0 Å². The van der Waals surface area contributed by atoms with Gasteiger partial charge in [-0.1, -0.05) is 184 Å². The summed E-state index contributed by atoms with van der Waals surface area (Å²) >= 11 is 0. The van der Waals surface area contributed by atoms with Gasteiger partial charge in [-0.25, -0.2) is 0 Å². The van der Waals surface area contributed by atoms with Crippen molar-refractivity contribution >= 4 is 44.9 Å². The Morgan fingerprint density at radius 2 is 0.844 bits per heavy atom. The summed E-state index contributed by atoms with van der Waals surface area (Å²) in [4.78, 5) is 4.77. The van der Waals surface area contributed by atoms with Crippen LogP contribution in [0.5, 0.6) is 11.5 Å². The Hall–Kier alpha value is -8.14. The molecule has 0 radical (unpaired) electrons. The molecule has 10 aromatic carbocycles. The van der Waals surface area contributed by atoms with Gasteiger partial charge >= 0.3 is 0 Å². The first-order valence-corrected chi connectivity index (χ1v) is 22.1. The topological polar surface area (TPSA) is 15.7 Å². The Kier molecular flexibility index (Phi) is 8.84. The molecule has 0 atom stereocenters. The molecule has 0 aromatic heterocycles. The highest BCUT2D eigenvalue weighted by atomic mass is 16.5. The summed E-state index contributed by atoms with van der Waals surface area (Å²) in [7, 11) is 0. The molecule has 64 heavy (non-hydrogen) atoms. The van der Waals surface area contributed by atoms with Gasteiger partial charge in [0.1, 0.15) is 5.75 Å². The first-order chi connectivity index (χ1) is 31.5. The van der Waals surface area contributed by atoms with Gasteiger partial charge in [-0.05, 0) is 111 Å². The third kappa shape index (κ3) is 6.04. The fourth-order valence-corrected chi connectivity index (χ4v) is 10.2. The number of benzene rings is 10. The minimum atomic E-state index is -0.163. The molecule has 10 aromatic rings. The standard InChI is InChI=1S/C61H44N2O/c1-61(2)51-26-13-12-24-49(51)58-52(61)27-15-28-53(58)63(48-38-35-44(36-39-48)43-33-31-42(32-34-43)41-17-6-3-7-18-41)55-40-37-45-19-14-25-50-57(45)60(55)64-56-30-16-29-54(59(50)56)62(46-20-8-4-9-21-46)47-22-10-5-11-23-47/h3-40H,1-2H3. The van der Waals surface area contributed by atoms with E-state index in [-0.39, 0.29) is 5.41 Å². The lowest BCUT2D eigenvalue weighted by atomic mass is 9.82. The SMILES string of the molecule is CC1(C)c2ccccc2-c2c(N(c3ccc(-c4ccc(-c5ccccc5)cc4)cc3)c3ccc4cccc5c4c3Oc3cccc(N(c4ccccc4)c4ccccc4)c3-5)cccc21. The minimum Gasteiger partial charge on any atom is -0.454 e. The Labute approximate surface area is 374 Å². The van der Waals surface area contributed by atoms with E-state index in [1.807, 2.05) is 0 Å². The second-order valence-corrected chi connectivity index (χ2v) is 17.3. The molecule has 0 spiro atoms. The summed E-state index contributed by atoms with van der Waals surface area (Å²) in [5, 5.41) is 2.22. The largest absolute Gasteiger partial charge is 0.454 e. The van der Waals surface area contributed by atoms with Crippen LogP contribution in [0.4, 0.5) is 34.1 Å². The van der Waals surface area contributed by atoms with E-state index in [4.69, 9.17) is 4.74 Å². The van der Waals surface area contributed by atoms with Crippen molar-refractivity contribution in [1.82, 2.24) is 0 Å². The van der Waals surface area contributed by atoms with Gasteiger partial charge in [0, 0.05) is 39.0 Å². The van der Waals surface area contributed by atoms with Crippen LogP contribution in [0.1, 0.15) is 25.0 Å². The quantitative estimate of drug-likeness (QED) is 0.152. The molecule has 1 heterocycles. The van der Waals surface area contributed by atoms with Gasteiger partial charge in [0.2, 0.25) is 0 Å². The Balaban J connectivity index is 1.06. The fraction of sp³-hybridized carbons (Fsp3) is 0.0492. The maximum Gasteiger partial charge on any atom is 0.159 e. The molecule has 0 unspecified atom stereocenters. The van der Waals surface area contributed by atoms with E-state index in [9.17, 15) is 0 Å². The molecule has 0 saturated carbocycles. The molecule has 3 heteroatoms. The zero-order valence-electron chi connectivity index (χ0n) is 35.7. The lowest BCUT2D eigenvalue weighted by molar-refractivity contribution is 0.488. The van der Waals surface area contributed by atoms with Crippen LogP contribution in [0.2, 0.25) is 0 Å². The maximum absolute atomic E-state index is 7.37. The van der Waals surface area contributed by atoms with Crippen molar-refractivity contribution in [3.05, 3.63) is 242 Å². The predicted octanol–water partition coefficient (Wildman–Crippen LogP) is 17.2. The van der Waals surface area contributed by atoms with Gasteiger partial charge in [0.15, 0.2) is 5.75 Å². The van der Waals surface area contributed by atoms with Crippen molar-refractivity contribution in [1.29, 1.82) is 0 Å². The molecule has 304 valence electrons. The van der Waals surface area contributed by atoms with E-state index in [1.54, 1.807) is 0 Å². The Bertz CT molecular complexity index is 3320. The van der Waals surface area contributed by atoms with E-state index in [1.165, 1.54) is 38.9 Å². The molecular formula is C61H44N2O. The normalized spacial score (nSPS) is 12.8. The lowest BCUT2D eigenvalue weighted by Gasteiger charge is -2.34. The van der Waals surface area contributed by atoms with E-state index in [0.29, 0.717) is 0 Å². The number of hydrogen-bond acceptors (Lipinski definition) is 3. The van der Waals surface area contributed by atoms with Crippen LogP contribution in [0.15, 0.2) is 231 Å². The molecule has 0 fully saturated rings. The number of nitrogens with zero attached hydrogens (tertiary/aromatic N) is 2. The second kappa shape index (κ2) is 15.0. The van der Waals surface area contributed by atoms with Gasteiger partial charge < -0.3 is 14.5 Å². The van der Waals surface area contributed by atoms with Gasteiger partial charge in [0.05, 0.1) is 17.1 Å². The summed E-state index contributed by atoms with van der Waals surface area (Å²) in [5.41, 5.74) is 18.4. The summed E-state index contributed by atoms with van der Waals surface area (Å²) in [5.74, 6) is 1.66. The third-order valence-electron chi connectivity index (χ3n) is 13.3. The molecule has 12 rings (SSSR count). The van der Waals surface area contributed by atoms with Gasteiger partial charge in [-0.2, -0.15) is 0 Å². The molecule has 3 nitrogen and oxygen atoms in total. The maximum atomic E-state index is 7.37. The summed E-state index contributed by atoms with van der Waals surface area (Å²) < 4.78 is 7.37. The zero-order chi connectivity index (χ0) is 42.8. The fourth-order valence-electron chi connectivity index (χ4n) is 10.2. The lowest BCUT2D eigenvalue weighted by Crippen LogP contribution is -2.16. The highest BCUT2D eigenvalue weighted by Crippen LogP contribution is 2.59. The van der Waals surface area contributed by atoms with Crippen LogP contribution in [-0.4, -0.2) is 0 Å². The zero-order valence-corrected chi connectivity index (χ0v) is 35.7. The number of fused-ring (bicyclic) bond motifs is 5. The van der Waals surface area contributed by atoms with Crippen molar-refractivity contribution in [2.75, 3.05) is 9.80 Å². The number of para-hydroxylation sites is 2. The summed E-state index contributed by atoms with van der Waals surface area (Å²) in [6.45, 7) is 4.70. The summed E-state index contributed by atoms with van der Waals surface area (Å²) in [6, 6.07) is 83.0. The van der Waals surface area contributed by atoms with E-state index >= 15 is 0 Å². The molecule has 2 aliphatic rings. The highest BCUT2D eigenvalue weighted by molar-refractivity contribution is 6.11. The van der Waals surface area contributed by atoms with Crippen molar-refractivity contribution in [2.45, 2.75) is 19.3 Å². The van der Waals surface area contributed by atoms with Crippen LogP contribution in [0, 0.1) is 0 Å². The van der Waals surface area contributed by atoms with Gasteiger partial charge in [-0.15, -0.1) is 0 Å². The van der Waals surface area contributed by atoms with E-state index in [2.05, 4.69) is 254 Å². The van der Waals surface area contributed by atoms with Crippen LogP contribution in [0.25, 0.3) is 55.3 Å². The third-order valence-corrected chi connectivity index (χ3v) is 13.3. The molecule has 0 amide bonds. The first-order valence-electron chi connectivity index (χ1n) is 22.1. The number of anilines is 6. The monoisotopic (exact) mass is 820 g/mol. The summed E-state index contributed by atoms with van der Waals surface area (Å²) in [6.07, 6.45) is 0. The van der Waals surface area contributed by atoms with E-state index < -0.39 is 0 Å². The van der Waals surface area contributed by atoms with Crippen LogP contribution in [0.3, 0.4) is 0 Å². The minimum absolute atomic E-state index is 0.163. The molecule has 1 aliphatic heterocycles. The highest BCUT2D eigenvalue weighted by Gasteiger charge is 2.38.